The Morgan fingerprint density at radius 3 is 1.00 bits per heavy atom. The van der Waals surface area contributed by atoms with E-state index in [4.69, 9.17) is 0 Å². The van der Waals surface area contributed by atoms with E-state index in [-0.39, 0.29) is 121 Å². The Bertz CT molecular complexity index is 8.00. The zero-order valence-electron chi connectivity index (χ0n) is 1.46. The first-order valence-electron chi connectivity index (χ1n) is 0. The van der Waals surface area contributed by atoms with Crippen LogP contribution in [-0.4, -0.2) is 23.1 Å². The SMILES string of the molecule is [Ce].[La].[MgH2].[Re]. The third-order valence-electron chi connectivity index (χ3n) is 0. The van der Waals surface area contributed by atoms with Crippen molar-refractivity contribution < 1.29 is 97.8 Å². The predicted molar refractivity (Wildman–Crippen MR) is 8.54 cm³/mol. The van der Waals surface area contributed by atoms with Crippen LogP contribution in [0.5, 0.6) is 0 Å². The van der Waals surface area contributed by atoms with Gasteiger partial charge < -0.3 is 0 Å². The molecule has 4 heavy (non-hydrogen) atoms. The number of rotatable bonds is 0. The van der Waals surface area contributed by atoms with Crippen LogP contribution >= 0.6 is 0 Å². The Labute approximate surface area is 117 Å². The van der Waals surface area contributed by atoms with Gasteiger partial charge in [-0.1, -0.05) is 0 Å². The van der Waals surface area contributed by atoms with Gasteiger partial charge in [-0.25, -0.2) is 0 Å². The van der Waals surface area contributed by atoms with Gasteiger partial charge in [0.2, 0.25) is 0 Å². The summed E-state index contributed by atoms with van der Waals surface area (Å²) in [5, 5.41) is 0. The zero-order chi connectivity index (χ0) is 0. The summed E-state index contributed by atoms with van der Waals surface area (Å²) < 4.78 is 0. The summed E-state index contributed by atoms with van der Waals surface area (Å²) in [4.78, 5) is 0. The molecule has 18 valence electrons. The van der Waals surface area contributed by atoms with Crippen molar-refractivity contribution in [3.8, 4) is 0 Å². The molecule has 0 aliphatic carbocycles. The normalized spacial score (nSPS) is 0. The summed E-state index contributed by atoms with van der Waals surface area (Å²) in [6.07, 6.45) is 0. The predicted octanol–water partition coefficient (Wildman–Crippen LogP) is -0.919. The molecule has 0 rings (SSSR count). The van der Waals surface area contributed by atoms with Gasteiger partial charge in [0.25, 0.3) is 0 Å². The molecule has 0 aromatic heterocycles. The van der Waals surface area contributed by atoms with Crippen LogP contribution in [0.1, 0.15) is 0 Å². The molecule has 0 atom stereocenters. The summed E-state index contributed by atoms with van der Waals surface area (Å²) in [6, 6.07) is 0. The van der Waals surface area contributed by atoms with Crippen LogP contribution in [0.25, 0.3) is 0 Å². The molecule has 0 saturated heterocycles. The molecule has 0 aromatic carbocycles. The Balaban J connectivity index is 0. The quantitative estimate of drug-likeness (QED) is 0.385. The molecule has 0 heterocycles. The van der Waals surface area contributed by atoms with Crippen LogP contribution < -0.4 is 0 Å². The standard InChI is InChI=1S/Ce.La.Mg.Re.2H. The third-order valence-corrected chi connectivity index (χ3v) is 0. The monoisotopic (exact) mass is 492 g/mol. The molecule has 2 radical (unpaired) electrons. The second-order valence-corrected chi connectivity index (χ2v) is 0. The van der Waals surface area contributed by atoms with Crippen molar-refractivity contribution in [2.75, 3.05) is 0 Å². The van der Waals surface area contributed by atoms with E-state index in [2.05, 4.69) is 0 Å². The van der Waals surface area contributed by atoms with Crippen molar-refractivity contribution in [2.24, 2.45) is 0 Å². The average Bonchev–Trinajstić information content (AvgIpc) is 0. The summed E-state index contributed by atoms with van der Waals surface area (Å²) in [5.41, 5.74) is 0. The third kappa shape index (κ3) is 9.38. The molecule has 0 bridgehead atoms. The fourth-order valence-electron chi connectivity index (χ4n) is 0. The van der Waals surface area contributed by atoms with Crippen molar-refractivity contribution in [3.05, 3.63) is 0 Å². The van der Waals surface area contributed by atoms with Crippen LogP contribution in [0.3, 0.4) is 0 Å². The summed E-state index contributed by atoms with van der Waals surface area (Å²) in [7, 11) is 0. The van der Waals surface area contributed by atoms with Crippen LogP contribution in [0.15, 0.2) is 0 Å². The fraction of sp³-hybridized carbons (Fsp3) is 0. The van der Waals surface area contributed by atoms with E-state index >= 15 is 0 Å². The first-order valence-corrected chi connectivity index (χ1v) is 0. The van der Waals surface area contributed by atoms with E-state index in [0.717, 1.165) is 0 Å². The van der Waals surface area contributed by atoms with E-state index in [1.807, 2.05) is 0 Å². The van der Waals surface area contributed by atoms with E-state index in [0.29, 0.717) is 0 Å². The van der Waals surface area contributed by atoms with Crippen molar-refractivity contribution in [1.29, 1.82) is 0 Å². The minimum atomic E-state index is 0. The van der Waals surface area contributed by atoms with Crippen molar-refractivity contribution in [3.63, 3.8) is 0 Å². The van der Waals surface area contributed by atoms with Crippen molar-refractivity contribution in [1.82, 2.24) is 0 Å². The number of hydrogen-bond donors (Lipinski definition) is 0. The molecule has 0 fully saturated rings. The minimum absolute atomic E-state index is 0. The molecule has 0 unspecified atom stereocenters. The molecule has 0 saturated carbocycles. The summed E-state index contributed by atoms with van der Waals surface area (Å²) in [6.45, 7) is 0. The van der Waals surface area contributed by atoms with Crippen LogP contribution in [0, 0.1) is 77.3 Å². The maximum absolute atomic E-state index is 0. The first-order chi connectivity index (χ1) is 0. The molecule has 0 aromatic rings. The van der Waals surface area contributed by atoms with Crippen LogP contribution in [0.4, 0.5) is 0 Å². The first kappa shape index (κ1) is 24.5. The largest absolute Gasteiger partial charge is 0.316 e. The Morgan fingerprint density at radius 2 is 1.00 bits per heavy atom. The minimum Gasteiger partial charge on any atom is 0 e. The Kier molecular flexibility index (Phi) is 96.5. The van der Waals surface area contributed by atoms with Gasteiger partial charge >= 0.3 is 23.1 Å². The van der Waals surface area contributed by atoms with E-state index < -0.39 is 0 Å². The average molecular weight is 492 g/mol. The molecule has 0 spiro atoms. The molecule has 0 amide bonds. The topological polar surface area (TPSA) is 0 Å². The second kappa shape index (κ2) is 15.8. The summed E-state index contributed by atoms with van der Waals surface area (Å²) >= 11 is 0. The van der Waals surface area contributed by atoms with Gasteiger partial charge in [0.1, 0.15) is 0 Å². The Morgan fingerprint density at radius 1 is 1.00 bits per heavy atom. The van der Waals surface area contributed by atoms with Crippen LogP contribution in [0.2, 0.25) is 0 Å². The zero-order valence-corrected chi connectivity index (χ0v) is 10.9. The van der Waals surface area contributed by atoms with Gasteiger partial charge in [-0.05, 0) is 0 Å². The van der Waals surface area contributed by atoms with Gasteiger partial charge in [-0.15, -0.1) is 0 Å². The van der Waals surface area contributed by atoms with Crippen molar-refractivity contribution in [2.45, 2.75) is 0 Å². The van der Waals surface area contributed by atoms with Gasteiger partial charge in [0.15, 0.2) is 0 Å². The second-order valence-electron chi connectivity index (χ2n) is 0. The number of hydrogen-bond acceptors (Lipinski definition) is 0. The van der Waals surface area contributed by atoms with Gasteiger partial charge in [-0.3, -0.25) is 0 Å². The smallest absolute Gasteiger partial charge is 0 e. The maximum atomic E-state index is 0. The van der Waals surface area contributed by atoms with E-state index in [9.17, 15) is 0 Å². The molecule has 4 heteroatoms. The molecule has 0 nitrogen and oxygen atoms in total. The molecule has 0 aliphatic heterocycles. The molecular weight excluding hydrogens is 490 g/mol. The maximum Gasteiger partial charge on any atom is 0.316 e. The van der Waals surface area contributed by atoms with E-state index in [1.165, 1.54) is 0 Å². The van der Waals surface area contributed by atoms with Crippen molar-refractivity contribution >= 4 is 23.1 Å². The van der Waals surface area contributed by atoms with Gasteiger partial charge in [0.05, 0.1) is 0 Å². The molecular formula is H2CeLaMgRe. The van der Waals surface area contributed by atoms with Crippen LogP contribution in [-0.2, 0) is 20.4 Å². The molecule has 0 N–H and O–H groups in total. The molecule has 0 aliphatic rings. The van der Waals surface area contributed by atoms with Gasteiger partial charge in [0, 0.05) is 97.8 Å². The summed E-state index contributed by atoms with van der Waals surface area (Å²) in [5.74, 6) is 0. The van der Waals surface area contributed by atoms with E-state index in [1.54, 1.807) is 0 Å². The Hall–Kier alpha value is 4.00. The fourth-order valence-corrected chi connectivity index (χ4v) is 0. The van der Waals surface area contributed by atoms with Gasteiger partial charge in [-0.2, -0.15) is 0 Å².